The van der Waals surface area contributed by atoms with Crippen LogP contribution in [0.25, 0.3) is 11.1 Å². The Morgan fingerprint density at radius 1 is 0.548 bits per heavy atom. The van der Waals surface area contributed by atoms with Gasteiger partial charge in [0, 0.05) is 12.8 Å². The summed E-state index contributed by atoms with van der Waals surface area (Å²) in [6.07, 6.45) is 10.4. The normalized spacial score (nSPS) is 11.5. The molecule has 0 radical (unpaired) electrons. The van der Waals surface area contributed by atoms with E-state index >= 15 is 0 Å². The van der Waals surface area contributed by atoms with Crippen molar-refractivity contribution in [3.63, 3.8) is 0 Å². The number of unbranched alkanes of at least 4 members (excludes halogenated alkanes) is 4. The van der Waals surface area contributed by atoms with E-state index in [0.717, 1.165) is 61.3 Å². The molecule has 2 rings (SSSR count). The Labute approximate surface area is 255 Å². The molecule has 0 amide bonds. The number of ketones is 2. The summed E-state index contributed by atoms with van der Waals surface area (Å²) < 4.78 is 11.4. The number of carbonyl (C=O) groups excluding carboxylic acids is 2. The van der Waals surface area contributed by atoms with E-state index in [1.54, 1.807) is 0 Å². The van der Waals surface area contributed by atoms with Gasteiger partial charge in [-0.3, -0.25) is 9.59 Å². The number of hydrogen-bond acceptors (Lipinski definition) is 6. The van der Waals surface area contributed by atoms with Crippen LogP contribution < -0.4 is 0 Å². The van der Waals surface area contributed by atoms with Crippen molar-refractivity contribution in [3.05, 3.63) is 59.7 Å². The Balaban J connectivity index is 1.61. The summed E-state index contributed by atoms with van der Waals surface area (Å²) >= 11 is 0. The lowest BCUT2D eigenvalue weighted by Crippen LogP contribution is -2.22. The maximum atomic E-state index is 12.2. The standard InChI is InChI=1S/C36H56N2O4/c1-5-7-9-23-37(3)25-11-13-35(39)29-41-27-31-15-19-33(20-16-31)34-21-17-32(18-22-34)28-42-30-36(40)14-12-26-38(4)24-10-8-6-2/h15-22H,5-14,23-30H2,1-4H3. The molecule has 0 fully saturated rings. The number of Topliss-reactive ketones (excluding diaryl/α,β-unsaturated/α-hetero) is 2. The third-order valence-electron chi connectivity index (χ3n) is 7.58. The minimum atomic E-state index is 0.169. The summed E-state index contributed by atoms with van der Waals surface area (Å²) in [5.41, 5.74) is 4.36. The second-order valence-corrected chi connectivity index (χ2v) is 11.7. The lowest BCUT2D eigenvalue weighted by atomic mass is 10.0. The highest BCUT2D eigenvalue weighted by Crippen LogP contribution is 2.21. The Morgan fingerprint density at radius 3 is 1.26 bits per heavy atom. The van der Waals surface area contributed by atoms with Crippen molar-refractivity contribution in [3.8, 4) is 11.1 Å². The minimum Gasteiger partial charge on any atom is -0.369 e. The molecule has 2 aromatic rings. The molecule has 0 aliphatic rings. The van der Waals surface area contributed by atoms with Crippen LogP contribution in [0.1, 0.15) is 89.2 Å². The summed E-state index contributed by atoms with van der Waals surface area (Å²) in [6.45, 7) is 9.78. The molecule has 6 nitrogen and oxygen atoms in total. The summed E-state index contributed by atoms with van der Waals surface area (Å²) in [7, 11) is 4.26. The Hall–Kier alpha value is -2.38. The number of nitrogens with zero attached hydrogens (tertiary/aromatic N) is 2. The molecule has 0 saturated heterocycles. The molecule has 0 aliphatic heterocycles. The van der Waals surface area contributed by atoms with Crippen LogP contribution in [0.2, 0.25) is 0 Å². The maximum absolute atomic E-state index is 12.2. The molecule has 2 aromatic carbocycles. The number of rotatable bonds is 25. The molecule has 0 N–H and O–H groups in total. The van der Waals surface area contributed by atoms with E-state index in [4.69, 9.17) is 9.47 Å². The zero-order chi connectivity index (χ0) is 30.4. The summed E-state index contributed by atoms with van der Waals surface area (Å²) in [6, 6.07) is 16.5. The average Bonchev–Trinajstić information content (AvgIpc) is 2.98. The molecule has 0 bridgehead atoms. The first kappa shape index (κ1) is 35.8. The van der Waals surface area contributed by atoms with E-state index in [1.165, 1.54) is 38.5 Å². The van der Waals surface area contributed by atoms with Gasteiger partial charge in [0.05, 0.1) is 13.2 Å². The number of ether oxygens (including phenoxy) is 2. The highest BCUT2D eigenvalue weighted by atomic mass is 16.5. The third-order valence-corrected chi connectivity index (χ3v) is 7.58. The zero-order valence-corrected chi connectivity index (χ0v) is 26.9. The minimum absolute atomic E-state index is 0.169. The summed E-state index contributed by atoms with van der Waals surface area (Å²) in [5, 5.41) is 0. The Morgan fingerprint density at radius 2 is 0.905 bits per heavy atom. The van der Waals surface area contributed by atoms with E-state index in [0.29, 0.717) is 26.1 Å². The van der Waals surface area contributed by atoms with Crippen molar-refractivity contribution in [2.75, 3.05) is 53.5 Å². The van der Waals surface area contributed by atoms with Crippen LogP contribution in [-0.4, -0.2) is 74.9 Å². The largest absolute Gasteiger partial charge is 0.369 e. The van der Waals surface area contributed by atoms with Crippen LogP contribution in [0.5, 0.6) is 0 Å². The second kappa shape index (κ2) is 22.2. The topological polar surface area (TPSA) is 59.1 Å². The van der Waals surface area contributed by atoms with Crippen LogP contribution in [-0.2, 0) is 32.3 Å². The lowest BCUT2D eigenvalue weighted by Gasteiger charge is -2.15. The van der Waals surface area contributed by atoms with Gasteiger partial charge in [0.1, 0.15) is 13.2 Å². The molecule has 0 aliphatic carbocycles. The first-order valence-electron chi connectivity index (χ1n) is 16.2. The van der Waals surface area contributed by atoms with Gasteiger partial charge in [0.15, 0.2) is 11.6 Å². The molecule has 6 heteroatoms. The fourth-order valence-corrected chi connectivity index (χ4v) is 4.88. The van der Waals surface area contributed by atoms with Crippen LogP contribution >= 0.6 is 0 Å². The first-order valence-corrected chi connectivity index (χ1v) is 16.2. The van der Waals surface area contributed by atoms with Gasteiger partial charge in [-0.1, -0.05) is 88.1 Å². The lowest BCUT2D eigenvalue weighted by molar-refractivity contribution is -0.124. The molecule has 0 saturated carbocycles. The van der Waals surface area contributed by atoms with Crippen molar-refractivity contribution in [2.24, 2.45) is 0 Å². The van der Waals surface area contributed by atoms with Gasteiger partial charge >= 0.3 is 0 Å². The Kier molecular flexibility index (Phi) is 18.9. The van der Waals surface area contributed by atoms with Gasteiger partial charge in [-0.25, -0.2) is 0 Å². The number of carbonyl (C=O) groups is 2. The van der Waals surface area contributed by atoms with Gasteiger partial charge in [0.25, 0.3) is 0 Å². The number of hydrogen-bond donors (Lipinski definition) is 0. The molecule has 0 atom stereocenters. The van der Waals surface area contributed by atoms with Crippen LogP contribution in [0, 0.1) is 0 Å². The zero-order valence-electron chi connectivity index (χ0n) is 26.9. The molecule has 0 heterocycles. The van der Waals surface area contributed by atoms with Gasteiger partial charge in [-0.05, 0) is 88.2 Å². The van der Waals surface area contributed by atoms with E-state index in [-0.39, 0.29) is 24.8 Å². The molecule has 0 aromatic heterocycles. The number of benzene rings is 2. The fourth-order valence-electron chi connectivity index (χ4n) is 4.88. The monoisotopic (exact) mass is 580 g/mol. The molecular weight excluding hydrogens is 524 g/mol. The fraction of sp³-hybridized carbons (Fsp3) is 0.611. The average molecular weight is 581 g/mol. The molecule has 0 unspecified atom stereocenters. The van der Waals surface area contributed by atoms with Crippen molar-refractivity contribution in [1.29, 1.82) is 0 Å². The predicted molar refractivity (Wildman–Crippen MR) is 174 cm³/mol. The van der Waals surface area contributed by atoms with Gasteiger partial charge in [-0.15, -0.1) is 0 Å². The second-order valence-electron chi connectivity index (χ2n) is 11.7. The molecule has 0 spiro atoms. The highest BCUT2D eigenvalue weighted by Gasteiger charge is 2.07. The van der Waals surface area contributed by atoms with Crippen molar-refractivity contribution in [2.45, 2.75) is 91.3 Å². The summed E-state index contributed by atoms with van der Waals surface area (Å²) in [4.78, 5) is 29.0. The Bertz CT molecular complexity index is 909. The van der Waals surface area contributed by atoms with Crippen LogP contribution in [0.3, 0.4) is 0 Å². The van der Waals surface area contributed by atoms with Gasteiger partial charge < -0.3 is 19.3 Å². The van der Waals surface area contributed by atoms with Crippen molar-refractivity contribution in [1.82, 2.24) is 9.80 Å². The van der Waals surface area contributed by atoms with E-state index in [9.17, 15) is 9.59 Å². The van der Waals surface area contributed by atoms with Crippen molar-refractivity contribution < 1.29 is 19.1 Å². The third kappa shape index (κ3) is 16.3. The highest BCUT2D eigenvalue weighted by molar-refractivity contribution is 5.80. The molecule has 42 heavy (non-hydrogen) atoms. The predicted octanol–water partition coefficient (Wildman–Crippen LogP) is 7.33. The van der Waals surface area contributed by atoms with Crippen molar-refractivity contribution >= 4 is 11.6 Å². The van der Waals surface area contributed by atoms with Gasteiger partial charge in [-0.2, -0.15) is 0 Å². The molecule has 234 valence electrons. The molecular formula is C36H56N2O4. The van der Waals surface area contributed by atoms with Crippen LogP contribution in [0.4, 0.5) is 0 Å². The van der Waals surface area contributed by atoms with E-state index in [1.807, 2.05) is 0 Å². The maximum Gasteiger partial charge on any atom is 0.158 e. The van der Waals surface area contributed by atoms with E-state index < -0.39 is 0 Å². The SMILES string of the molecule is CCCCCN(C)CCCC(=O)COCc1ccc(-c2ccc(COCC(=O)CCCN(C)CCCCC)cc2)cc1. The summed E-state index contributed by atoms with van der Waals surface area (Å²) in [5.74, 6) is 0.339. The smallest absolute Gasteiger partial charge is 0.158 e. The first-order chi connectivity index (χ1) is 20.4. The van der Waals surface area contributed by atoms with Crippen LogP contribution in [0.15, 0.2) is 48.5 Å². The van der Waals surface area contributed by atoms with Gasteiger partial charge in [0.2, 0.25) is 0 Å². The quantitative estimate of drug-likeness (QED) is 0.115. The van der Waals surface area contributed by atoms with E-state index in [2.05, 4.69) is 86.3 Å².